The zero-order valence-corrected chi connectivity index (χ0v) is 14.8. The third-order valence-corrected chi connectivity index (χ3v) is 6.20. The Kier molecular flexibility index (Phi) is 4.07. The Morgan fingerprint density at radius 1 is 1.08 bits per heavy atom. The van der Waals surface area contributed by atoms with Crippen molar-refractivity contribution in [2.75, 3.05) is 0 Å². The minimum atomic E-state index is -0.237. The summed E-state index contributed by atoms with van der Waals surface area (Å²) in [6.45, 7) is 1.90. The van der Waals surface area contributed by atoms with Crippen molar-refractivity contribution in [2.24, 2.45) is 22.9 Å². The number of hydrogen-bond acceptors (Lipinski definition) is 2. The zero-order valence-electron chi connectivity index (χ0n) is 14.0. The van der Waals surface area contributed by atoms with Crippen molar-refractivity contribution in [1.29, 1.82) is 0 Å². The van der Waals surface area contributed by atoms with Crippen molar-refractivity contribution in [2.45, 2.75) is 51.0 Å². The highest BCUT2D eigenvalue weighted by Gasteiger charge is 2.51. The maximum absolute atomic E-state index is 13.0. The average molecular weight is 345 g/mol. The van der Waals surface area contributed by atoms with E-state index in [0.29, 0.717) is 5.11 Å². The number of rotatable bonds is 3. The Labute approximate surface area is 148 Å². The van der Waals surface area contributed by atoms with Crippen LogP contribution < -0.4 is 10.7 Å². The maximum atomic E-state index is 13.0. The monoisotopic (exact) mass is 345 g/mol. The quantitative estimate of drug-likeness (QED) is 0.494. The van der Waals surface area contributed by atoms with Gasteiger partial charge in [-0.2, -0.15) is 5.10 Å². The normalized spacial score (nSPS) is 34.2. The summed E-state index contributed by atoms with van der Waals surface area (Å²) >= 11 is 5.49. The van der Waals surface area contributed by atoms with E-state index in [0.717, 1.165) is 29.0 Å². The zero-order chi connectivity index (χ0) is 16.7. The van der Waals surface area contributed by atoms with Gasteiger partial charge in [0, 0.05) is 5.54 Å². The van der Waals surface area contributed by atoms with Gasteiger partial charge in [-0.25, -0.2) is 4.39 Å². The summed E-state index contributed by atoms with van der Waals surface area (Å²) in [6.07, 6.45) is 8.01. The fourth-order valence-electron chi connectivity index (χ4n) is 5.42. The third kappa shape index (κ3) is 3.18. The summed E-state index contributed by atoms with van der Waals surface area (Å²) in [5.74, 6) is 2.42. The number of benzene rings is 1. The van der Waals surface area contributed by atoms with Gasteiger partial charge < -0.3 is 5.32 Å². The van der Waals surface area contributed by atoms with Crippen molar-refractivity contribution >= 4 is 23.0 Å². The first kappa shape index (κ1) is 16.0. The van der Waals surface area contributed by atoms with Crippen LogP contribution in [0.1, 0.15) is 51.0 Å². The highest BCUT2D eigenvalue weighted by Crippen LogP contribution is 2.55. The number of nitrogens with zero attached hydrogens (tertiary/aromatic N) is 1. The van der Waals surface area contributed by atoms with E-state index in [1.807, 2.05) is 6.92 Å². The van der Waals surface area contributed by atoms with Crippen LogP contribution in [0.2, 0.25) is 0 Å². The van der Waals surface area contributed by atoms with Gasteiger partial charge in [-0.3, -0.25) is 5.43 Å². The molecule has 3 nitrogen and oxygen atoms in total. The molecule has 24 heavy (non-hydrogen) atoms. The van der Waals surface area contributed by atoms with Crippen molar-refractivity contribution < 1.29 is 4.39 Å². The van der Waals surface area contributed by atoms with Crippen molar-refractivity contribution in [3.63, 3.8) is 0 Å². The topological polar surface area (TPSA) is 36.4 Å². The van der Waals surface area contributed by atoms with Gasteiger partial charge in [0.05, 0.1) is 5.71 Å². The molecule has 4 aliphatic carbocycles. The van der Waals surface area contributed by atoms with Crippen molar-refractivity contribution in [3.05, 3.63) is 35.6 Å². The van der Waals surface area contributed by atoms with Crippen LogP contribution in [0.25, 0.3) is 0 Å². The molecular formula is C19H24FN3S. The number of halogens is 1. The Morgan fingerprint density at radius 3 is 2.17 bits per heavy atom. The fourth-order valence-corrected chi connectivity index (χ4v) is 5.68. The van der Waals surface area contributed by atoms with Gasteiger partial charge in [0.15, 0.2) is 5.11 Å². The fraction of sp³-hybridized carbons (Fsp3) is 0.579. The lowest BCUT2D eigenvalue weighted by Crippen LogP contribution is -2.61. The second-order valence-electron chi connectivity index (χ2n) is 7.97. The lowest BCUT2D eigenvalue weighted by molar-refractivity contribution is -0.0101. The minimum Gasteiger partial charge on any atom is -0.356 e. The molecule has 5 heteroatoms. The molecule has 5 rings (SSSR count). The Balaban J connectivity index is 1.38. The molecule has 4 aliphatic rings. The molecule has 0 radical (unpaired) electrons. The van der Waals surface area contributed by atoms with Gasteiger partial charge in [-0.1, -0.05) is 12.1 Å². The van der Waals surface area contributed by atoms with Crippen molar-refractivity contribution in [3.8, 4) is 0 Å². The Morgan fingerprint density at radius 2 is 1.62 bits per heavy atom. The van der Waals surface area contributed by atoms with Crippen LogP contribution in [0.3, 0.4) is 0 Å². The summed E-state index contributed by atoms with van der Waals surface area (Å²) in [7, 11) is 0. The van der Waals surface area contributed by atoms with E-state index in [1.54, 1.807) is 12.1 Å². The van der Waals surface area contributed by atoms with E-state index >= 15 is 0 Å². The highest BCUT2D eigenvalue weighted by atomic mass is 32.1. The predicted octanol–water partition coefficient (Wildman–Crippen LogP) is 3.98. The second kappa shape index (κ2) is 6.10. The van der Waals surface area contributed by atoms with Crippen LogP contribution in [-0.4, -0.2) is 16.4 Å². The molecule has 1 aromatic carbocycles. The molecule has 128 valence electrons. The summed E-state index contributed by atoms with van der Waals surface area (Å²) in [5.41, 5.74) is 4.86. The van der Waals surface area contributed by atoms with E-state index < -0.39 is 0 Å². The Bertz CT molecular complexity index is 632. The van der Waals surface area contributed by atoms with E-state index in [-0.39, 0.29) is 11.4 Å². The molecule has 1 aromatic rings. The molecule has 2 N–H and O–H groups in total. The smallest absolute Gasteiger partial charge is 0.187 e. The highest BCUT2D eigenvalue weighted by molar-refractivity contribution is 7.80. The number of thiocarbonyl (C=S) groups is 1. The molecule has 0 aliphatic heterocycles. The van der Waals surface area contributed by atoms with Crippen molar-refractivity contribution in [1.82, 2.24) is 10.7 Å². The molecule has 0 unspecified atom stereocenters. The van der Waals surface area contributed by atoms with Gasteiger partial charge >= 0.3 is 0 Å². The van der Waals surface area contributed by atoms with Gasteiger partial charge in [0.1, 0.15) is 5.82 Å². The molecule has 4 fully saturated rings. The van der Waals surface area contributed by atoms with Crippen LogP contribution in [0.15, 0.2) is 29.4 Å². The summed E-state index contributed by atoms with van der Waals surface area (Å²) in [5, 5.41) is 8.57. The Hall–Kier alpha value is -1.49. The summed E-state index contributed by atoms with van der Waals surface area (Å²) < 4.78 is 13.0. The first-order valence-corrected chi connectivity index (χ1v) is 9.30. The van der Waals surface area contributed by atoms with E-state index in [1.165, 1.54) is 50.7 Å². The van der Waals surface area contributed by atoms with Gasteiger partial charge in [0.2, 0.25) is 0 Å². The number of hydrazone groups is 1. The second-order valence-corrected chi connectivity index (χ2v) is 8.38. The molecule has 4 bridgehead atoms. The standard InChI is InChI=1S/C19H24FN3S/c1-12(16-2-4-17(20)5-3-16)22-23-18(24)21-19-9-13-6-14(10-19)8-15(7-13)11-19/h2-5,13-15H,6-11H2,1H3,(H2,21,23,24)/b22-12+. The lowest BCUT2D eigenvalue weighted by atomic mass is 9.53. The summed E-state index contributed by atoms with van der Waals surface area (Å²) in [4.78, 5) is 0. The lowest BCUT2D eigenvalue weighted by Gasteiger charge is -2.57. The maximum Gasteiger partial charge on any atom is 0.187 e. The molecule has 0 aromatic heterocycles. The first-order valence-electron chi connectivity index (χ1n) is 8.90. The van der Waals surface area contributed by atoms with E-state index in [2.05, 4.69) is 15.8 Å². The SMILES string of the molecule is C/C(=N\NC(=S)NC12CC3CC(CC(C3)C1)C2)c1ccc(F)cc1. The molecule has 0 atom stereocenters. The molecule has 0 saturated heterocycles. The first-order chi connectivity index (χ1) is 11.5. The number of nitrogens with one attached hydrogen (secondary N) is 2. The van der Waals surface area contributed by atoms with Crippen LogP contribution in [0.4, 0.5) is 4.39 Å². The number of hydrogen-bond donors (Lipinski definition) is 2. The van der Waals surface area contributed by atoms with E-state index in [4.69, 9.17) is 12.2 Å². The molecule has 0 heterocycles. The third-order valence-electron chi connectivity index (χ3n) is 6.00. The minimum absolute atomic E-state index is 0.193. The van der Waals surface area contributed by atoms with Crippen LogP contribution in [0, 0.1) is 23.6 Å². The van der Waals surface area contributed by atoms with Gasteiger partial charge in [-0.15, -0.1) is 0 Å². The molecule has 0 amide bonds. The van der Waals surface area contributed by atoms with Crippen LogP contribution in [0.5, 0.6) is 0 Å². The predicted molar refractivity (Wildman–Crippen MR) is 98.4 cm³/mol. The largest absolute Gasteiger partial charge is 0.356 e. The van der Waals surface area contributed by atoms with E-state index in [9.17, 15) is 4.39 Å². The molecular weight excluding hydrogens is 321 g/mol. The molecule has 0 spiro atoms. The molecule has 4 saturated carbocycles. The van der Waals surface area contributed by atoms with Crippen LogP contribution >= 0.6 is 12.2 Å². The van der Waals surface area contributed by atoms with Gasteiger partial charge in [-0.05, 0) is 93.1 Å². The average Bonchev–Trinajstić information content (AvgIpc) is 2.51. The summed E-state index contributed by atoms with van der Waals surface area (Å²) in [6, 6.07) is 6.34. The van der Waals surface area contributed by atoms with Gasteiger partial charge in [0.25, 0.3) is 0 Å². The van der Waals surface area contributed by atoms with Crippen LogP contribution in [-0.2, 0) is 0 Å².